The first-order valence-electron chi connectivity index (χ1n) is 8.53. The van der Waals surface area contributed by atoms with Crippen LogP contribution in [-0.2, 0) is 10.0 Å². The monoisotopic (exact) mass is 387 g/mol. The highest BCUT2D eigenvalue weighted by atomic mass is 32.2. The smallest absolute Gasteiger partial charge is 0.265 e. The second-order valence-corrected chi connectivity index (χ2v) is 7.96. The molecule has 3 aromatic rings. The number of aryl methyl sites for hydroxylation is 1. The Morgan fingerprint density at radius 3 is 2.63 bits per heavy atom. The maximum Gasteiger partial charge on any atom is 0.265 e. The Labute approximate surface area is 157 Å². The second kappa shape index (κ2) is 7.40. The highest BCUT2D eigenvalue weighted by molar-refractivity contribution is 7.92. The summed E-state index contributed by atoms with van der Waals surface area (Å²) in [5, 5.41) is 0.509. The maximum atomic E-state index is 12.9. The highest BCUT2D eigenvalue weighted by Crippen LogP contribution is 2.28. The van der Waals surface area contributed by atoms with Crippen LogP contribution in [0.2, 0.25) is 0 Å². The molecule has 0 saturated heterocycles. The molecule has 0 fully saturated rings. The fourth-order valence-corrected chi connectivity index (χ4v) is 4.08. The number of nitrogens with zero attached hydrogens (tertiary/aromatic N) is 2. The van der Waals surface area contributed by atoms with Gasteiger partial charge in [0.1, 0.15) is 11.6 Å². The van der Waals surface area contributed by atoms with Gasteiger partial charge in [0, 0.05) is 6.07 Å². The molecule has 0 atom stereocenters. The predicted molar refractivity (Wildman–Crippen MR) is 106 cm³/mol. The minimum Gasteiger partial charge on any atom is -0.494 e. The Morgan fingerprint density at radius 2 is 1.93 bits per heavy atom. The lowest BCUT2D eigenvalue weighted by molar-refractivity contribution is 0.416. The van der Waals surface area contributed by atoms with Crippen molar-refractivity contribution in [2.75, 3.05) is 17.6 Å². The quantitative estimate of drug-likeness (QED) is 0.702. The van der Waals surface area contributed by atoms with E-state index in [4.69, 9.17) is 4.74 Å². The molecule has 3 rings (SSSR count). The molecule has 8 heteroatoms. The van der Waals surface area contributed by atoms with E-state index in [1.807, 2.05) is 6.07 Å². The SMILES string of the molecule is CCCS(=O)(=O)Nc1ccc(-n2c(C)nc3ccccc3c2=O)cc1OC. The number of aromatic nitrogens is 2. The number of anilines is 1. The minimum absolute atomic E-state index is 0.0189. The zero-order chi connectivity index (χ0) is 19.6. The molecule has 27 heavy (non-hydrogen) atoms. The summed E-state index contributed by atoms with van der Waals surface area (Å²) >= 11 is 0. The third-order valence-electron chi connectivity index (χ3n) is 4.13. The molecule has 0 aliphatic heterocycles. The first kappa shape index (κ1) is 18.9. The van der Waals surface area contributed by atoms with Crippen LogP contribution in [0.5, 0.6) is 5.75 Å². The van der Waals surface area contributed by atoms with Crippen molar-refractivity contribution in [1.82, 2.24) is 9.55 Å². The fourth-order valence-electron chi connectivity index (χ4n) is 2.94. The first-order valence-corrected chi connectivity index (χ1v) is 10.2. The Bertz CT molecular complexity index is 1150. The molecule has 7 nitrogen and oxygen atoms in total. The number of rotatable bonds is 6. The van der Waals surface area contributed by atoms with Crippen molar-refractivity contribution < 1.29 is 13.2 Å². The number of fused-ring (bicyclic) bond motifs is 1. The van der Waals surface area contributed by atoms with Gasteiger partial charge < -0.3 is 4.74 Å². The number of ether oxygens (including phenoxy) is 1. The molecule has 1 N–H and O–H groups in total. The van der Waals surface area contributed by atoms with E-state index in [-0.39, 0.29) is 11.3 Å². The van der Waals surface area contributed by atoms with Crippen LogP contribution >= 0.6 is 0 Å². The maximum absolute atomic E-state index is 12.9. The van der Waals surface area contributed by atoms with Gasteiger partial charge in [-0.2, -0.15) is 0 Å². The van der Waals surface area contributed by atoms with Gasteiger partial charge in [-0.15, -0.1) is 0 Å². The van der Waals surface area contributed by atoms with Crippen LogP contribution in [0.15, 0.2) is 47.3 Å². The average molecular weight is 387 g/mol. The van der Waals surface area contributed by atoms with Crippen LogP contribution < -0.4 is 15.0 Å². The number of benzene rings is 2. The molecule has 0 saturated carbocycles. The number of hydrogen-bond donors (Lipinski definition) is 1. The summed E-state index contributed by atoms with van der Waals surface area (Å²) in [7, 11) is -2.00. The molecular formula is C19H21N3O4S. The van der Waals surface area contributed by atoms with Gasteiger partial charge in [-0.05, 0) is 37.6 Å². The van der Waals surface area contributed by atoms with Gasteiger partial charge in [0.25, 0.3) is 5.56 Å². The lowest BCUT2D eigenvalue weighted by atomic mass is 10.2. The summed E-state index contributed by atoms with van der Waals surface area (Å²) in [4.78, 5) is 17.4. The van der Waals surface area contributed by atoms with E-state index in [1.165, 1.54) is 11.7 Å². The summed E-state index contributed by atoms with van der Waals surface area (Å²) in [5.41, 5.74) is 1.31. The number of methoxy groups -OCH3 is 1. The summed E-state index contributed by atoms with van der Waals surface area (Å²) in [5.74, 6) is 0.872. The largest absolute Gasteiger partial charge is 0.494 e. The molecule has 0 bridgehead atoms. The third-order valence-corrected chi connectivity index (χ3v) is 5.60. The fraction of sp³-hybridized carbons (Fsp3) is 0.263. The molecule has 0 spiro atoms. The number of para-hydroxylation sites is 1. The van der Waals surface area contributed by atoms with E-state index in [9.17, 15) is 13.2 Å². The van der Waals surface area contributed by atoms with Gasteiger partial charge in [0.2, 0.25) is 10.0 Å². The first-order chi connectivity index (χ1) is 12.9. The van der Waals surface area contributed by atoms with E-state index in [0.717, 1.165) is 0 Å². The van der Waals surface area contributed by atoms with Crippen LogP contribution in [-0.4, -0.2) is 30.8 Å². The summed E-state index contributed by atoms with van der Waals surface area (Å²) < 4.78 is 33.4. The van der Waals surface area contributed by atoms with Crippen molar-refractivity contribution in [2.45, 2.75) is 20.3 Å². The van der Waals surface area contributed by atoms with Gasteiger partial charge in [-0.3, -0.25) is 14.1 Å². The lowest BCUT2D eigenvalue weighted by Crippen LogP contribution is -2.22. The Balaban J connectivity index is 2.12. The zero-order valence-electron chi connectivity index (χ0n) is 15.4. The van der Waals surface area contributed by atoms with Crippen LogP contribution in [0.25, 0.3) is 16.6 Å². The molecular weight excluding hydrogens is 366 g/mol. The minimum atomic E-state index is -3.45. The van der Waals surface area contributed by atoms with E-state index < -0.39 is 10.0 Å². The van der Waals surface area contributed by atoms with Gasteiger partial charge in [-0.1, -0.05) is 19.1 Å². The van der Waals surface area contributed by atoms with Crippen molar-refractivity contribution >= 4 is 26.6 Å². The van der Waals surface area contributed by atoms with Gasteiger partial charge >= 0.3 is 0 Å². The molecule has 2 aromatic carbocycles. The lowest BCUT2D eigenvalue weighted by Gasteiger charge is -2.15. The number of sulfonamides is 1. The molecule has 0 amide bonds. The molecule has 1 heterocycles. The van der Waals surface area contributed by atoms with Crippen LogP contribution in [0.3, 0.4) is 0 Å². The molecule has 0 aliphatic carbocycles. The summed E-state index contributed by atoms with van der Waals surface area (Å²) in [6.45, 7) is 3.54. The molecule has 1 aromatic heterocycles. The number of hydrogen-bond acceptors (Lipinski definition) is 5. The Kier molecular flexibility index (Phi) is 5.18. The molecule has 0 aliphatic rings. The number of nitrogens with one attached hydrogen (secondary N) is 1. The van der Waals surface area contributed by atoms with Gasteiger partial charge in [0.15, 0.2) is 0 Å². The summed E-state index contributed by atoms with van der Waals surface area (Å²) in [6.07, 6.45) is 0.507. The van der Waals surface area contributed by atoms with Crippen molar-refractivity contribution in [2.24, 2.45) is 0 Å². The molecule has 142 valence electrons. The topological polar surface area (TPSA) is 90.3 Å². The highest BCUT2D eigenvalue weighted by Gasteiger charge is 2.15. The van der Waals surface area contributed by atoms with Crippen molar-refractivity contribution in [1.29, 1.82) is 0 Å². The van der Waals surface area contributed by atoms with Crippen molar-refractivity contribution in [3.05, 3.63) is 58.6 Å². The predicted octanol–water partition coefficient (Wildman–Crippen LogP) is 2.85. The van der Waals surface area contributed by atoms with E-state index in [2.05, 4.69) is 9.71 Å². The molecule has 0 radical (unpaired) electrons. The second-order valence-electron chi connectivity index (χ2n) is 6.12. The Morgan fingerprint density at radius 1 is 1.19 bits per heavy atom. The van der Waals surface area contributed by atoms with Crippen molar-refractivity contribution in [3.63, 3.8) is 0 Å². The van der Waals surface area contributed by atoms with E-state index in [1.54, 1.807) is 50.2 Å². The average Bonchev–Trinajstić information content (AvgIpc) is 2.62. The van der Waals surface area contributed by atoms with Gasteiger partial charge in [-0.25, -0.2) is 13.4 Å². The Hall–Kier alpha value is -2.87. The van der Waals surface area contributed by atoms with Crippen LogP contribution in [0, 0.1) is 6.92 Å². The van der Waals surface area contributed by atoms with E-state index in [0.29, 0.717) is 40.3 Å². The van der Waals surface area contributed by atoms with E-state index >= 15 is 0 Å². The third kappa shape index (κ3) is 3.80. The van der Waals surface area contributed by atoms with Gasteiger partial charge in [0.05, 0.1) is 35.1 Å². The standard InChI is InChI=1S/C19H21N3O4S/c1-4-11-27(24,25)21-17-10-9-14(12-18(17)26-3)22-13(2)20-16-8-6-5-7-15(16)19(22)23/h5-10,12,21H,4,11H2,1-3H3. The van der Waals surface area contributed by atoms with Crippen LogP contribution in [0.4, 0.5) is 5.69 Å². The zero-order valence-corrected chi connectivity index (χ0v) is 16.2. The summed E-state index contributed by atoms with van der Waals surface area (Å²) in [6, 6.07) is 12.0. The van der Waals surface area contributed by atoms with Crippen molar-refractivity contribution in [3.8, 4) is 11.4 Å². The molecule has 0 unspecified atom stereocenters. The van der Waals surface area contributed by atoms with Crippen LogP contribution in [0.1, 0.15) is 19.2 Å². The normalized spacial score (nSPS) is 11.5.